The molecule has 4 heteroatoms. The van der Waals surface area contributed by atoms with Crippen molar-refractivity contribution < 1.29 is 0 Å². The minimum Gasteiger partial charge on any atom is -0.309 e. The van der Waals surface area contributed by atoms with Crippen molar-refractivity contribution in [3.05, 3.63) is 66.7 Å². The summed E-state index contributed by atoms with van der Waals surface area (Å²) in [7, 11) is 1.96. The van der Waals surface area contributed by atoms with Crippen molar-refractivity contribution in [1.82, 2.24) is 5.32 Å². The first-order valence-corrected chi connectivity index (χ1v) is 7.74. The molecule has 0 bridgehead atoms. The van der Waals surface area contributed by atoms with Crippen molar-refractivity contribution in [1.29, 1.82) is 0 Å². The van der Waals surface area contributed by atoms with Gasteiger partial charge in [0.2, 0.25) is 0 Å². The quantitative estimate of drug-likeness (QED) is 0.667. The minimum absolute atomic E-state index is 0.160. The highest BCUT2D eigenvalue weighted by Crippen LogP contribution is 2.27. The Hall–Kier alpha value is -0.100. The lowest BCUT2D eigenvalue weighted by molar-refractivity contribution is 0.691. The van der Waals surface area contributed by atoms with Crippen LogP contribution in [0.25, 0.3) is 0 Å². The third-order valence-corrected chi connectivity index (χ3v) is 4.87. The van der Waals surface area contributed by atoms with E-state index in [0.29, 0.717) is 0 Å². The third-order valence-electron chi connectivity index (χ3n) is 2.77. The first kappa shape index (κ1) is 14.3. The second-order valence-electron chi connectivity index (χ2n) is 3.95. The van der Waals surface area contributed by atoms with E-state index in [1.807, 2.05) is 31.3 Å². The van der Waals surface area contributed by atoms with Gasteiger partial charge in [-0.2, -0.15) is 0 Å². The fourth-order valence-corrected chi connectivity index (χ4v) is 2.66. The van der Waals surface area contributed by atoms with E-state index >= 15 is 0 Å². The molecule has 0 aliphatic heterocycles. The van der Waals surface area contributed by atoms with Crippen LogP contribution in [0.5, 0.6) is 0 Å². The van der Waals surface area contributed by atoms with Gasteiger partial charge in [-0.25, -0.2) is 0 Å². The molecule has 1 unspecified atom stereocenters. The molecule has 1 atom stereocenters. The lowest BCUT2D eigenvalue weighted by atomic mass is 9.99. The predicted octanol–water partition coefficient (Wildman–Crippen LogP) is 5.02. The van der Waals surface area contributed by atoms with Crippen LogP contribution >= 0.6 is 50.1 Å². The Balaban J connectivity index is 2.38. The summed E-state index contributed by atoms with van der Waals surface area (Å²) < 4.78 is 2.16. The van der Waals surface area contributed by atoms with Gasteiger partial charge in [-0.15, -0.1) is 0 Å². The average molecular weight is 437 g/mol. The van der Waals surface area contributed by atoms with Crippen LogP contribution in [0.2, 0.25) is 5.02 Å². The Kier molecular flexibility index (Phi) is 5.06. The molecule has 0 saturated heterocycles. The van der Waals surface area contributed by atoms with Crippen molar-refractivity contribution >= 4 is 50.1 Å². The van der Waals surface area contributed by atoms with E-state index in [9.17, 15) is 0 Å². The summed E-state index contributed by atoms with van der Waals surface area (Å²) >= 11 is 11.9. The highest BCUT2D eigenvalue weighted by molar-refractivity contribution is 14.1. The second kappa shape index (κ2) is 6.37. The molecule has 1 N–H and O–H groups in total. The van der Waals surface area contributed by atoms with E-state index in [1.165, 1.54) is 11.1 Å². The zero-order valence-corrected chi connectivity index (χ0v) is 14.3. The SMILES string of the molecule is CNC(c1ccc(Br)cc1)c1ccc(I)c(Cl)c1. The first-order chi connectivity index (χ1) is 8.61. The topological polar surface area (TPSA) is 12.0 Å². The van der Waals surface area contributed by atoms with Crippen LogP contribution < -0.4 is 5.32 Å². The summed E-state index contributed by atoms with van der Waals surface area (Å²) in [6, 6.07) is 14.6. The average Bonchev–Trinajstić information content (AvgIpc) is 2.37. The van der Waals surface area contributed by atoms with Crippen molar-refractivity contribution in [2.45, 2.75) is 6.04 Å². The van der Waals surface area contributed by atoms with Crippen molar-refractivity contribution in [2.75, 3.05) is 7.05 Å². The van der Waals surface area contributed by atoms with Gasteiger partial charge < -0.3 is 5.32 Å². The monoisotopic (exact) mass is 435 g/mol. The zero-order valence-electron chi connectivity index (χ0n) is 9.75. The van der Waals surface area contributed by atoms with E-state index in [1.54, 1.807) is 0 Å². The molecule has 0 amide bonds. The summed E-state index contributed by atoms with van der Waals surface area (Å²) in [5.41, 5.74) is 2.39. The molecule has 18 heavy (non-hydrogen) atoms. The molecule has 94 valence electrons. The molecule has 0 aromatic heterocycles. The lowest BCUT2D eigenvalue weighted by Gasteiger charge is -2.18. The van der Waals surface area contributed by atoms with Crippen molar-refractivity contribution in [3.8, 4) is 0 Å². The van der Waals surface area contributed by atoms with E-state index < -0.39 is 0 Å². The number of nitrogens with one attached hydrogen (secondary N) is 1. The summed E-state index contributed by atoms with van der Waals surface area (Å²) in [5.74, 6) is 0. The highest BCUT2D eigenvalue weighted by Gasteiger charge is 2.12. The van der Waals surface area contributed by atoms with Gasteiger partial charge in [-0.1, -0.05) is 45.7 Å². The Labute approximate surface area is 134 Å². The molecular weight excluding hydrogens is 424 g/mol. The molecule has 0 heterocycles. The van der Waals surface area contributed by atoms with Gasteiger partial charge in [-0.05, 0) is 65.0 Å². The Morgan fingerprint density at radius 2 is 1.72 bits per heavy atom. The van der Waals surface area contributed by atoms with Crippen LogP contribution in [0.1, 0.15) is 17.2 Å². The summed E-state index contributed by atoms with van der Waals surface area (Å²) in [6.45, 7) is 0. The zero-order chi connectivity index (χ0) is 13.1. The maximum Gasteiger partial charge on any atom is 0.0574 e. The number of rotatable bonds is 3. The van der Waals surface area contributed by atoms with E-state index in [0.717, 1.165) is 13.1 Å². The number of halogens is 3. The van der Waals surface area contributed by atoms with Crippen LogP contribution in [0, 0.1) is 3.57 Å². The van der Waals surface area contributed by atoms with Crippen LogP contribution in [0.15, 0.2) is 46.9 Å². The molecule has 1 nitrogen and oxygen atoms in total. The lowest BCUT2D eigenvalue weighted by Crippen LogP contribution is -2.17. The molecule has 2 rings (SSSR count). The van der Waals surface area contributed by atoms with Gasteiger partial charge in [0, 0.05) is 8.04 Å². The highest BCUT2D eigenvalue weighted by atomic mass is 127. The summed E-state index contributed by atoms with van der Waals surface area (Å²) in [6.07, 6.45) is 0. The van der Waals surface area contributed by atoms with Gasteiger partial charge in [0.05, 0.1) is 11.1 Å². The van der Waals surface area contributed by atoms with Gasteiger partial charge >= 0.3 is 0 Å². The Morgan fingerprint density at radius 3 is 2.28 bits per heavy atom. The molecular formula is C14H12BrClIN. The molecule has 0 fully saturated rings. The van der Waals surface area contributed by atoms with Crippen molar-refractivity contribution in [3.63, 3.8) is 0 Å². The van der Waals surface area contributed by atoms with Crippen molar-refractivity contribution in [2.24, 2.45) is 0 Å². The van der Waals surface area contributed by atoms with E-state index in [4.69, 9.17) is 11.6 Å². The standard InChI is InChI=1S/C14H12BrClIN/c1-18-14(9-2-5-11(15)6-3-9)10-4-7-13(17)12(16)8-10/h2-8,14,18H,1H3. The van der Waals surface area contributed by atoms with Crippen LogP contribution in [0.3, 0.4) is 0 Å². The maximum atomic E-state index is 6.18. The number of hydrogen-bond acceptors (Lipinski definition) is 1. The largest absolute Gasteiger partial charge is 0.309 e. The predicted molar refractivity (Wildman–Crippen MR) is 89.2 cm³/mol. The Morgan fingerprint density at radius 1 is 1.11 bits per heavy atom. The van der Waals surface area contributed by atoms with Crippen LogP contribution in [0.4, 0.5) is 0 Å². The fourth-order valence-electron chi connectivity index (χ4n) is 1.87. The molecule has 0 aliphatic rings. The van der Waals surface area contributed by atoms with E-state index in [2.05, 4.69) is 62.0 Å². The molecule has 2 aromatic carbocycles. The molecule has 0 saturated carbocycles. The van der Waals surface area contributed by atoms with Gasteiger partial charge in [0.25, 0.3) is 0 Å². The van der Waals surface area contributed by atoms with Gasteiger partial charge in [-0.3, -0.25) is 0 Å². The minimum atomic E-state index is 0.160. The van der Waals surface area contributed by atoms with Crippen LogP contribution in [-0.2, 0) is 0 Å². The first-order valence-electron chi connectivity index (χ1n) is 5.49. The molecule has 0 aliphatic carbocycles. The summed E-state index contributed by atoms with van der Waals surface area (Å²) in [4.78, 5) is 0. The summed E-state index contributed by atoms with van der Waals surface area (Å²) in [5, 5.41) is 4.12. The molecule has 0 radical (unpaired) electrons. The van der Waals surface area contributed by atoms with Crippen LogP contribution in [-0.4, -0.2) is 7.05 Å². The number of hydrogen-bond donors (Lipinski definition) is 1. The normalized spacial score (nSPS) is 12.4. The fraction of sp³-hybridized carbons (Fsp3) is 0.143. The second-order valence-corrected chi connectivity index (χ2v) is 6.43. The third kappa shape index (κ3) is 3.26. The number of benzene rings is 2. The maximum absolute atomic E-state index is 6.18. The van der Waals surface area contributed by atoms with Gasteiger partial charge in [0.15, 0.2) is 0 Å². The molecule has 2 aromatic rings. The Bertz CT molecular complexity index is 542. The van der Waals surface area contributed by atoms with E-state index in [-0.39, 0.29) is 6.04 Å². The molecule has 0 spiro atoms. The van der Waals surface area contributed by atoms with Gasteiger partial charge in [0.1, 0.15) is 0 Å². The smallest absolute Gasteiger partial charge is 0.0574 e.